The molecule has 0 spiro atoms. The van der Waals surface area contributed by atoms with E-state index in [0.717, 1.165) is 5.56 Å². The molecule has 0 aliphatic heterocycles. The van der Waals surface area contributed by atoms with Crippen LogP contribution in [0, 0.1) is 6.92 Å². The van der Waals surface area contributed by atoms with Crippen molar-refractivity contribution >= 4 is 17.7 Å². The third-order valence-electron chi connectivity index (χ3n) is 3.81. The Bertz CT molecular complexity index is 924. The zero-order valence-electron chi connectivity index (χ0n) is 14.5. The summed E-state index contributed by atoms with van der Waals surface area (Å²) in [5.74, 6) is 1.04. The third kappa shape index (κ3) is 3.88. The summed E-state index contributed by atoms with van der Waals surface area (Å²) in [6.45, 7) is 4.47. The minimum Gasteiger partial charge on any atom is -0.507 e. The zero-order chi connectivity index (χ0) is 18.5. The van der Waals surface area contributed by atoms with E-state index in [0.29, 0.717) is 28.8 Å². The Hall–Kier alpha value is -2.80. The number of para-hydroxylation sites is 2. The predicted molar refractivity (Wildman–Crippen MR) is 100 cm³/mol. The Balaban J connectivity index is 1.72. The minimum atomic E-state index is -0.348. The van der Waals surface area contributed by atoms with Crippen LogP contribution in [0.15, 0.2) is 53.7 Å². The number of benzene rings is 2. The molecular weight excluding hydrogens is 350 g/mol. The normalized spacial score (nSPS) is 10.7. The summed E-state index contributed by atoms with van der Waals surface area (Å²) in [6, 6.07) is 14.4. The van der Waals surface area contributed by atoms with Crippen molar-refractivity contribution in [1.29, 1.82) is 0 Å². The Morgan fingerprint density at radius 3 is 2.62 bits per heavy atom. The molecular formula is C19H19N3O3S. The van der Waals surface area contributed by atoms with E-state index in [1.54, 1.807) is 24.3 Å². The quantitative estimate of drug-likeness (QED) is 0.406. The molecule has 0 aliphatic carbocycles. The van der Waals surface area contributed by atoms with Crippen molar-refractivity contribution in [2.45, 2.75) is 25.5 Å². The van der Waals surface area contributed by atoms with Crippen LogP contribution in [0.4, 0.5) is 0 Å². The van der Waals surface area contributed by atoms with Gasteiger partial charge in [-0.1, -0.05) is 42.1 Å². The van der Waals surface area contributed by atoms with Gasteiger partial charge in [-0.05, 0) is 37.6 Å². The van der Waals surface area contributed by atoms with Gasteiger partial charge in [-0.15, -0.1) is 10.2 Å². The monoisotopic (exact) mass is 369 g/mol. The number of hydrogen-bond donors (Lipinski definition) is 1. The Morgan fingerprint density at radius 2 is 1.88 bits per heavy atom. The number of carbonyl (C=O) groups excluding carboxylic acids is 1. The Morgan fingerprint density at radius 1 is 1.15 bits per heavy atom. The maximum Gasteiger partial charge on any atom is 0.321 e. The summed E-state index contributed by atoms with van der Waals surface area (Å²) in [6.07, 6.45) is 0. The summed E-state index contributed by atoms with van der Waals surface area (Å²) in [4.78, 5) is 12.1. The molecule has 7 heteroatoms. The lowest BCUT2D eigenvalue weighted by Crippen LogP contribution is -2.12. The van der Waals surface area contributed by atoms with E-state index in [-0.39, 0.29) is 17.5 Å². The van der Waals surface area contributed by atoms with E-state index in [4.69, 9.17) is 4.74 Å². The van der Waals surface area contributed by atoms with Gasteiger partial charge >= 0.3 is 5.97 Å². The lowest BCUT2D eigenvalue weighted by Gasteiger charge is -2.09. The lowest BCUT2D eigenvalue weighted by molar-refractivity contribution is -0.131. The van der Waals surface area contributed by atoms with Crippen LogP contribution in [0.2, 0.25) is 0 Å². The number of phenols is 1. The molecule has 0 saturated heterocycles. The molecule has 2 aromatic carbocycles. The third-order valence-corrected chi connectivity index (χ3v) is 4.75. The van der Waals surface area contributed by atoms with Crippen molar-refractivity contribution in [2.24, 2.45) is 0 Å². The number of aromatic hydroxyl groups is 1. The number of phenolic OH excluding ortho intramolecular Hbond substituents is 1. The first kappa shape index (κ1) is 18.0. The molecule has 0 atom stereocenters. The standard InChI is InChI=1S/C19H19N3O3S/c1-3-22-18(14-9-5-6-10-15(14)23)20-21-19(22)26-12-17(24)25-16-11-7-4-8-13(16)2/h4-11,23H,3,12H2,1-2H3. The van der Waals surface area contributed by atoms with E-state index >= 15 is 0 Å². The van der Waals surface area contributed by atoms with Gasteiger partial charge < -0.3 is 14.4 Å². The topological polar surface area (TPSA) is 77.2 Å². The summed E-state index contributed by atoms with van der Waals surface area (Å²) >= 11 is 1.26. The van der Waals surface area contributed by atoms with Gasteiger partial charge in [-0.2, -0.15) is 0 Å². The van der Waals surface area contributed by atoms with Gasteiger partial charge in [0, 0.05) is 6.54 Å². The highest BCUT2D eigenvalue weighted by molar-refractivity contribution is 7.99. The molecule has 1 aromatic heterocycles. The fourth-order valence-electron chi connectivity index (χ4n) is 2.49. The van der Waals surface area contributed by atoms with Gasteiger partial charge in [0.05, 0.1) is 11.3 Å². The molecule has 3 rings (SSSR count). The van der Waals surface area contributed by atoms with Crippen molar-refractivity contribution in [2.75, 3.05) is 5.75 Å². The van der Waals surface area contributed by atoms with Crippen LogP contribution >= 0.6 is 11.8 Å². The molecule has 0 radical (unpaired) electrons. The molecule has 3 aromatic rings. The second-order valence-corrected chi connectivity index (χ2v) is 6.54. The molecule has 0 saturated carbocycles. The summed E-state index contributed by atoms with van der Waals surface area (Å²) in [5, 5.41) is 19.0. The number of thioether (sulfide) groups is 1. The van der Waals surface area contributed by atoms with Crippen LogP contribution < -0.4 is 4.74 Å². The smallest absolute Gasteiger partial charge is 0.321 e. The van der Waals surface area contributed by atoms with Gasteiger partial charge in [0.2, 0.25) is 0 Å². The van der Waals surface area contributed by atoms with Gasteiger partial charge in [0.25, 0.3) is 0 Å². The zero-order valence-corrected chi connectivity index (χ0v) is 15.4. The predicted octanol–water partition coefficient (Wildman–Crippen LogP) is 3.68. The Kier molecular flexibility index (Phi) is 5.58. The van der Waals surface area contributed by atoms with E-state index in [1.165, 1.54) is 11.8 Å². The number of ether oxygens (including phenoxy) is 1. The number of carbonyl (C=O) groups is 1. The molecule has 0 unspecified atom stereocenters. The molecule has 1 heterocycles. The van der Waals surface area contributed by atoms with Crippen molar-refractivity contribution in [3.8, 4) is 22.9 Å². The number of hydrogen-bond acceptors (Lipinski definition) is 6. The number of aryl methyl sites for hydroxylation is 1. The molecule has 0 amide bonds. The molecule has 134 valence electrons. The average Bonchev–Trinajstić information content (AvgIpc) is 3.05. The molecule has 0 aliphatic rings. The van der Waals surface area contributed by atoms with Crippen molar-refractivity contribution in [3.63, 3.8) is 0 Å². The fraction of sp³-hybridized carbons (Fsp3) is 0.211. The van der Waals surface area contributed by atoms with Crippen LogP contribution in [0.1, 0.15) is 12.5 Å². The van der Waals surface area contributed by atoms with E-state index in [9.17, 15) is 9.90 Å². The summed E-state index contributed by atoms with van der Waals surface area (Å²) in [7, 11) is 0. The molecule has 26 heavy (non-hydrogen) atoms. The summed E-state index contributed by atoms with van der Waals surface area (Å²) < 4.78 is 7.26. The molecule has 6 nitrogen and oxygen atoms in total. The SMILES string of the molecule is CCn1c(SCC(=O)Oc2ccccc2C)nnc1-c1ccccc1O. The number of rotatable bonds is 6. The summed E-state index contributed by atoms with van der Waals surface area (Å²) in [5.41, 5.74) is 1.51. The van der Waals surface area contributed by atoms with Gasteiger partial charge in [0.15, 0.2) is 11.0 Å². The highest BCUT2D eigenvalue weighted by Gasteiger charge is 2.17. The second-order valence-electron chi connectivity index (χ2n) is 5.60. The molecule has 0 fully saturated rings. The van der Waals surface area contributed by atoms with E-state index < -0.39 is 0 Å². The first-order valence-electron chi connectivity index (χ1n) is 8.20. The lowest BCUT2D eigenvalue weighted by atomic mass is 10.2. The Labute approximate surface area is 155 Å². The fourth-order valence-corrected chi connectivity index (χ4v) is 3.26. The van der Waals surface area contributed by atoms with Crippen LogP contribution in [-0.2, 0) is 11.3 Å². The van der Waals surface area contributed by atoms with E-state index in [1.807, 2.05) is 42.7 Å². The van der Waals surface area contributed by atoms with Crippen molar-refractivity contribution in [1.82, 2.24) is 14.8 Å². The van der Waals surface area contributed by atoms with Crippen LogP contribution in [0.5, 0.6) is 11.5 Å². The van der Waals surface area contributed by atoms with Crippen molar-refractivity contribution < 1.29 is 14.6 Å². The molecule has 1 N–H and O–H groups in total. The maximum absolute atomic E-state index is 12.1. The number of nitrogens with zero attached hydrogens (tertiary/aromatic N) is 3. The highest BCUT2D eigenvalue weighted by Crippen LogP contribution is 2.30. The van der Waals surface area contributed by atoms with Gasteiger partial charge in [-0.25, -0.2) is 0 Å². The minimum absolute atomic E-state index is 0.118. The largest absolute Gasteiger partial charge is 0.507 e. The second kappa shape index (κ2) is 8.05. The highest BCUT2D eigenvalue weighted by atomic mass is 32.2. The van der Waals surface area contributed by atoms with Crippen molar-refractivity contribution in [3.05, 3.63) is 54.1 Å². The molecule has 0 bridgehead atoms. The number of aromatic nitrogens is 3. The number of esters is 1. The average molecular weight is 369 g/mol. The van der Waals surface area contributed by atoms with Gasteiger partial charge in [-0.3, -0.25) is 4.79 Å². The van der Waals surface area contributed by atoms with Crippen LogP contribution in [-0.4, -0.2) is 31.6 Å². The van der Waals surface area contributed by atoms with Gasteiger partial charge in [0.1, 0.15) is 11.5 Å². The van der Waals surface area contributed by atoms with Crippen LogP contribution in [0.25, 0.3) is 11.4 Å². The first-order valence-corrected chi connectivity index (χ1v) is 9.19. The van der Waals surface area contributed by atoms with E-state index in [2.05, 4.69) is 10.2 Å². The first-order chi connectivity index (χ1) is 12.6. The van der Waals surface area contributed by atoms with Crippen LogP contribution in [0.3, 0.4) is 0 Å². The maximum atomic E-state index is 12.1.